The molecule has 4 aromatic rings. The third kappa shape index (κ3) is 4.07. The Hall–Kier alpha value is -4.91. The summed E-state index contributed by atoms with van der Waals surface area (Å²) in [5, 5.41) is 10.5. The highest BCUT2D eigenvalue weighted by Crippen LogP contribution is 2.25. The van der Waals surface area contributed by atoms with Crippen LogP contribution in [-0.2, 0) is 12.8 Å². The fraction of sp³-hybridized carbons (Fsp3) is 0.0690. The average molecular weight is 476 g/mol. The van der Waals surface area contributed by atoms with Crippen LogP contribution in [-0.4, -0.2) is 19.6 Å². The molecule has 0 fully saturated rings. The number of hydrogen-bond acceptors (Lipinski definition) is 5. The van der Waals surface area contributed by atoms with Crippen molar-refractivity contribution in [2.45, 2.75) is 12.8 Å². The van der Waals surface area contributed by atoms with Crippen molar-refractivity contribution in [1.82, 2.24) is 14.5 Å². The molecule has 0 aliphatic carbocycles. The molecule has 7 heteroatoms. The molecule has 7 nitrogen and oxygen atoms in total. The monoisotopic (exact) mass is 475 g/mol. The molecule has 0 saturated heterocycles. The van der Waals surface area contributed by atoms with Crippen LogP contribution in [0.3, 0.4) is 0 Å². The van der Waals surface area contributed by atoms with Gasteiger partial charge in [-0.15, -0.1) is 0 Å². The molecule has 0 unspecified atom stereocenters. The van der Waals surface area contributed by atoms with Gasteiger partial charge in [0.25, 0.3) is 5.56 Å². The number of nitrogens with zero attached hydrogens (tertiary/aromatic N) is 2. The van der Waals surface area contributed by atoms with E-state index in [1.807, 2.05) is 42.5 Å². The summed E-state index contributed by atoms with van der Waals surface area (Å²) in [5.74, 6) is 0.751. The lowest BCUT2D eigenvalue weighted by atomic mass is 10.1. The third-order valence-electron chi connectivity index (χ3n) is 6.21. The van der Waals surface area contributed by atoms with Crippen LogP contribution in [0.4, 0.5) is 0 Å². The second-order valence-electron chi connectivity index (χ2n) is 8.72. The van der Waals surface area contributed by atoms with E-state index in [0.29, 0.717) is 29.9 Å². The molecule has 0 spiro atoms. The van der Waals surface area contributed by atoms with E-state index in [1.54, 1.807) is 47.2 Å². The highest BCUT2D eigenvalue weighted by atomic mass is 16.4. The van der Waals surface area contributed by atoms with E-state index < -0.39 is 5.63 Å². The van der Waals surface area contributed by atoms with Crippen LogP contribution in [0.2, 0.25) is 0 Å². The largest absolute Gasteiger partial charge is 0.508 e. The molecule has 0 radical (unpaired) electrons. The molecule has 2 aliphatic rings. The molecule has 3 aromatic carbocycles. The van der Waals surface area contributed by atoms with E-state index in [-0.39, 0.29) is 11.3 Å². The Labute approximate surface area is 205 Å². The van der Waals surface area contributed by atoms with E-state index in [4.69, 9.17) is 9.40 Å². The van der Waals surface area contributed by atoms with Gasteiger partial charge in [-0.25, -0.2) is 9.78 Å². The van der Waals surface area contributed by atoms with E-state index in [1.165, 1.54) is 6.07 Å². The quantitative estimate of drug-likeness (QED) is 0.353. The number of aromatic amines is 1. The van der Waals surface area contributed by atoms with Crippen LogP contribution in [0.25, 0.3) is 28.0 Å². The molecule has 2 N–H and O–H groups in total. The average Bonchev–Trinajstić information content (AvgIpc) is 3.20. The van der Waals surface area contributed by atoms with Crippen LogP contribution in [0.15, 0.2) is 105 Å². The molecule has 3 heterocycles. The topological polar surface area (TPSA) is 101 Å². The second kappa shape index (κ2) is 8.70. The smallest absolute Gasteiger partial charge is 0.336 e. The van der Waals surface area contributed by atoms with Crippen molar-refractivity contribution < 1.29 is 9.52 Å². The Balaban J connectivity index is 1.46. The van der Waals surface area contributed by atoms with Crippen molar-refractivity contribution >= 4 is 11.0 Å². The SMILES string of the molecule is O=c1ccc2cc(Cc3nc4c(Cc5ccccc5)[nH]c(-c5ccc(O)cc5)cn-4c3=O)ccc2o1. The summed E-state index contributed by atoms with van der Waals surface area (Å²) >= 11 is 0. The number of hydrogen-bond donors (Lipinski definition) is 2. The molecule has 1 aromatic heterocycles. The number of H-pyrrole nitrogens is 1. The maximum Gasteiger partial charge on any atom is 0.336 e. The van der Waals surface area contributed by atoms with Crippen molar-refractivity contribution in [2.75, 3.05) is 0 Å². The molecule has 36 heavy (non-hydrogen) atoms. The predicted molar refractivity (Wildman–Crippen MR) is 137 cm³/mol. The normalized spacial score (nSPS) is 11.3. The summed E-state index contributed by atoms with van der Waals surface area (Å²) < 4.78 is 6.81. The Morgan fingerprint density at radius 1 is 0.861 bits per heavy atom. The maximum atomic E-state index is 13.5. The number of phenolic OH excluding ortho intramolecular Hbond substituents is 1. The molecular weight excluding hydrogens is 454 g/mol. The van der Waals surface area contributed by atoms with E-state index >= 15 is 0 Å². The predicted octanol–water partition coefficient (Wildman–Crippen LogP) is 4.66. The van der Waals surface area contributed by atoms with Crippen LogP contribution >= 0.6 is 0 Å². The van der Waals surface area contributed by atoms with Crippen LogP contribution in [0.5, 0.6) is 5.75 Å². The van der Waals surface area contributed by atoms with Crippen molar-refractivity contribution in [1.29, 1.82) is 0 Å². The second-order valence-corrected chi connectivity index (χ2v) is 8.72. The summed E-state index contributed by atoms with van der Waals surface area (Å²) in [6.07, 6.45) is 2.67. The maximum absolute atomic E-state index is 13.5. The van der Waals surface area contributed by atoms with Crippen molar-refractivity contribution in [3.63, 3.8) is 0 Å². The molecule has 0 saturated carbocycles. The number of aromatic nitrogens is 3. The number of nitrogens with one attached hydrogen (secondary N) is 1. The first-order valence-corrected chi connectivity index (χ1v) is 11.5. The minimum Gasteiger partial charge on any atom is -0.508 e. The molecule has 176 valence electrons. The zero-order valence-electron chi connectivity index (χ0n) is 19.1. The molecule has 0 bridgehead atoms. The van der Waals surface area contributed by atoms with Gasteiger partial charge < -0.3 is 14.5 Å². The van der Waals surface area contributed by atoms with Crippen molar-refractivity contribution in [2.24, 2.45) is 0 Å². The van der Waals surface area contributed by atoms with Gasteiger partial charge in [0, 0.05) is 30.5 Å². The first-order chi connectivity index (χ1) is 17.5. The van der Waals surface area contributed by atoms with Gasteiger partial charge in [-0.1, -0.05) is 36.4 Å². The fourth-order valence-corrected chi connectivity index (χ4v) is 4.43. The third-order valence-corrected chi connectivity index (χ3v) is 6.21. The van der Waals surface area contributed by atoms with Gasteiger partial charge in [0.2, 0.25) is 0 Å². The zero-order chi connectivity index (χ0) is 24.6. The molecule has 0 amide bonds. The first-order valence-electron chi connectivity index (χ1n) is 11.5. The van der Waals surface area contributed by atoms with E-state index in [0.717, 1.165) is 33.5 Å². The lowest BCUT2D eigenvalue weighted by Crippen LogP contribution is -2.17. The number of benzene rings is 3. The molecule has 6 rings (SSSR count). The van der Waals surface area contributed by atoms with E-state index in [2.05, 4.69) is 4.98 Å². The lowest BCUT2D eigenvalue weighted by molar-refractivity contribution is 0.475. The lowest BCUT2D eigenvalue weighted by Gasteiger charge is -2.13. The van der Waals surface area contributed by atoms with Crippen LogP contribution in [0, 0.1) is 0 Å². The van der Waals surface area contributed by atoms with Crippen LogP contribution in [0.1, 0.15) is 22.5 Å². The van der Waals surface area contributed by atoms with Gasteiger partial charge in [0.05, 0.1) is 11.4 Å². The first kappa shape index (κ1) is 21.6. The number of imidazole rings is 1. The Morgan fingerprint density at radius 2 is 1.67 bits per heavy atom. The van der Waals surface area contributed by atoms with Gasteiger partial charge in [0.1, 0.15) is 17.0 Å². The summed E-state index contributed by atoms with van der Waals surface area (Å²) in [4.78, 5) is 33.2. The summed E-state index contributed by atoms with van der Waals surface area (Å²) in [6.45, 7) is 0. The number of rotatable bonds is 5. The molecular formula is C29H21N3O4. The van der Waals surface area contributed by atoms with Gasteiger partial charge in [-0.2, -0.15) is 0 Å². The van der Waals surface area contributed by atoms with Crippen molar-refractivity contribution in [3.8, 4) is 22.8 Å². The highest BCUT2D eigenvalue weighted by Gasteiger charge is 2.20. The summed E-state index contributed by atoms with van der Waals surface area (Å²) in [5.41, 5.74) is 4.73. The standard InChI is InChI=1S/C29H21N3O4/c33-22-10-7-20(8-11-22)25-17-32-28(23(30-25)15-18-4-2-1-3-5-18)31-24(29(32)35)16-19-6-12-26-21(14-19)9-13-27(34)36-26/h1-14,17,30,33H,15-16H2. The number of fused-ring (bicyclic) bond motifs is 2. The van der Waals surface area contributed by atoms with E-state index in [9.17, 15) is 14.7 Å². The molecule has 0 atom stereocenters. The highest BCUT2D eigenvalue weighted by molar-refractivity contribution is 5.77. The van der Waals surface area contributed by atoms with Crippen molar-refractivity contribution in [3.05, 3.63) is 134 Å². The Bertz CT molecular complexity index is 1780. The van der Waals surface area contributed by atoms with Gasteiger partial charge in [-0.3, -0.25) is 9.36 Å². The zero-order valence-corrected chi connectivity index (χ0v) is 19.1. The number of phenols is 1. The van der Waals surface area contributed by atoms with Gasteiger partial charge >= 0.3 is 5.63 Å². The fourth-order valence-electron chi connectivity index (χ4n) is 4.43. The number of aromatic hydroxyl groups is 1. The Morgan fingerprint density at radius 3 is 2.47 bits per heavy atom. The molecule has 2 aliphatic heterocycles. The van der Waals surface area contributed by atoms with Gasteiger partial charge in [0.15, 0.2) is 5.82 Å². The Kier molecular flexibility index (Phi) is 5.22. The van der Waals surface area contributed by atoms with Crippen LogP contribution < -0.4 is 11.2 Å². The van der Waals surface area contributed by atoms with Gasteiger partial charge in [-0.05, 0) is 59.2 Å². The summed E-state index contributed by atoms with van der Waals surface area (Å²) in [6, 6.07) is 25.4. The minimum atomic E-state index is -0.399. The summed E-state index contributed by atoms with van der Waals surface area (Å²) in [7, 11) is 0. The minimum absolute atomic E-state index is 0.174.